The van der Waals surface area contributed by atoms with Gasteiger partial charge in [0.25, 0.3) is 0 Å². The largest absolute Gasteiger partial charge is 1.00 e. The van der Waals surface area contributed by atoms with Crippen molar-refractivity contribution in [1.29, 1.82) is 0 Å². The van der Waals surface area contributed by atoms with Crippen molar-refractivity contribution in [3.8, 4) is 0 Å². The maximum atomic E-state index is 0. The molecule has 4 heteroatoms. The number of hydrogen-bond acceptors (Lipinski definition) is 0. The van der Waals surface area contributed by atoms with E-state index in [1.807, 2.05) is 0 Å². The minimum atomic E-state index is 0. The number of hydrogen-bond donors (Lipinski definition) is 0. The van der Waals surface area contributed by atoms with Crippen molar-refractivity contribution in [3.63, 3.8) is 0 Å². The molecule has 0 amide bonds. The van der Waals surface area contributed by atoms with Gasteiger partial charge in [-0.05, 0) is 0 Å². The first-order valence-corrected chi connectivity index (χ1v) is 0. The fraction of sp³-hybridized carbons (Fsp3) is 0. The summed E-state index contributed by atoms with van der Waals surface area (Å²) in [4.78, 5) is 0. The third kappa shape index (κ3) is 9.82. The Balaban J connectivity index is 0. The van der Waals surface area contributed by atoms with Gasteiger partial charge in [-0.2, -0.15) is 0 Å². The molecule has 0 aliphatic heterocycles. The van der Waals surface area contributed by atoms with Crippen molar-refractivity contribution in [3.05, 3.63) is 0 Å². The van der Waals surface area contributed by atoms with Gasteiger partial charge in [-0.3, -0.25) is 0 Å². The summed E-state index contributed by atoms with van der Waals surface area (Å²) < 4.78 is 0. The van der Waals surface area contributed by atoms with Gasteiger partial charge in [0.15, 0.2) is 0 Å². The van der Waals surface area contributed by atoms with E-state index in [0.29, 0.717) is 0 Å². The van der Waals surface area contributed by atoms with Crippen molar-refractivity contribution < 1.29 is 154 Å². The van der Waals surface area contributed by atoms with Gasteiger partial charge in [-0.25, -0.2) is 0 Å². The zero-order chi connectivity index (χ0) is 0. The molecule has 0 aromatic rings. The second-order valence-corrected chi connectivity index (χ2v) is 0. The zero-order valence-electron chi connectivity index (χ0n) is 2.76. The van der Waals surface area contributed by atoms with Crippen molar-refractivity contribution >= 4 is 0 Å². The van der Waals surface area contributed by atoms with E-state index in [2.05, 4.69) is 0 Å². The van der Waals surface area contributed by atoms with Crippen LogP contribution in [0.3, 0.4) is 0 Å². The third-order valence-electron chi connectivity index (χ3n) is 0. The second kappa shape index (κ2) is 15.6. The van der Waals surface area contributed by atoms with Gasteiger partial charge in [0.2, 0.25) is 0 Å². The summed E-state index contributed by atoms with van der Waals surface area (Å²) in [5.74, 6) is 0. The van der Waals surface area contributed by atoms with Crippen LogP contribution in [0.1, 0.15) is 0 Å². The SMILES string of the molecule is [Br-].[Br-].[Cs+].[K+]. The first-order chi connectivity index (χ1) is 0. The molecule has 0 aliphatic rings. The fourth-order valence-electron chi connectivity index (χ4n) is 0. The molecular weight excluding hydrogens is 332 g/mol. The van der Waals surface area contributed by atoms with E-state index in [0.717, 1.165) is 0 Å². The first kappa shape index (κ1) is 23.4. The monoisotopic (exact) mass is 330 g/mol. The first-order valence-electron chi connectivity index (χ1n) is 0. The average molecular weight is 332 g/mol. The van der Waals surface area contributed by atoms with Gasteiger partial charge in [-0.1, -0.05) is 0 Å². The Bertz CT molecular complexity index is 6.00. The molecule has 0 aliphatic carbocycles. The topological polar surface area (TPSA) is 0 Å². The van der Waals surface area contributed by atoms with E-state index in [-0.39, 0.29) is 154 Å². The summed E-state index contributed by atoms with van der Waals surface area (Å²) in [6.07, 6.45) is 0. The molecule has 0 saturated heterocycles. The molecule has 0 atom stereocenters. The second-order valence-electron chi connectivity index (χ2n) is 0. The summed E-state index contributed by atoms with van der Waals surface area (Å²) in [6, 6.07) is 0. The Labute approximate surface area is 149 Å². The van der Waals surface area contributed by atoms with Crippen LogP contribution in [0.15, 0.2) is 0 Å². The predicted octanol–water partition coefficient (Wildman–Crippen LogP) is -12.0. The molecule has 0 N–H and O–H groups in total. The molecule has 0 heterocycles. The van der Waals surface area contributed by atoms with E-state index >= 15 is 0 Å². The molecule has 0 aromatic heterocycles. The summed E-state index contributed by atoms with van der Waals surface area (Å²) in [7, 11) is 0. The minimum absolute atomic E-state index is 0. The van der Waals surface area contributed by atoms with Crippen LogP contribution < -0.4 is 154 Å². The van der Waals surface area contributed by atoms with Crippen LogP contribution in [0.25, 0.3) is 0 Å². The molecule has 16 valence electrons. The Morgan fingerprint density at radius 1 is 0.750 bits per heavy atom. The molecule has 0 rings (SSSR count). The molecule has 0 aromatic carbocycles. The Hall–Kier alpha value is 4.65. The molecule has 0 fully saturated rings. The van der Waals surface area contributed by atoms with Crippen molar-refractivity contribution in [2.45, 2.75) is 0 Å². The summed E-state index contributed by atoms with van der Waals surface area (Å²) in [5, 5.41) is 0. The van der Waals surface area contributed by atoms with Crippen LogP contribution in [-0.2, 0) is 0 Å². The molecule has 0 nitrogen and oxygen atoms in total. The molecular formula is Br2CsK. The maximum absolute atomic E-state index is 0. The molecule has 0 radical (unpaired) electrons. The number of halogens is 2. The Kier molecular flexibility index (Phi) is 91.6. The standard InChI is InChI=1S/2BrH.Cs.K/h2*1H;;/q;;2*+1/p-2. The van der Waals surface area contributed by atoms with Crippen molar-refractivity contribution in [1.82, 2.24) is 0 Å². The van der Waals surface area contributed by atoms with Crippen LogP contribution in [0.2, 0.25) is 0 Å². The average Bonchev–Trinajstić information content (AvgIpc) is 0. The zero-order valence-corrected chi connectivity index (χ0v) is 15.3. The smallest absolute Gasteiger partial charge is 1.00 e. The van der Waals surface area contributed by atoms with Gasteiger partial charge in [0.05, 0.1) is 0 Å². The van der Waals surface area contributed by atoms with Gasteiger partial charge < -0.3 is 34.0 Å². The van der Waals surface area contributed by atoms with Gasteiger partial charge in [0, 0.05) is 0 Å². The normalized spacial score (nSPS) is 0. The van der Waals surface area contributed by atoms with E-state index in [9.17, 15) is 0 Å². The van der Waals surface area contributed by atoms with Crippen LogP contribution in [0.4, 0.5) is 0 Å². The van der Waals surface area contributed by atoms with Crippen molar-refractivity contribution in [2.75, 3.05) is 0 Å². The van der Waals surface area contributed by atoms with Crippen LogP contribution in [0, 0.1) is 0 Å². The van der Waals surface area contributed by atoms with Crippen LogP contribution in [0.5, 0.6) is 0 Å². The van der Waals surface area contributed by atoms with E-state index in [1.165, 1.54) is 0 Å². The minimum Gasteiger partial charge on any atom is -1.00 e. The third-order valence-corrected chi connectivity index (χ3v) is 0. The maximum Gasteiger partial charge on any atom is 1.00 e. The summed E-state index contributed by atoms with van der Waals surface area (Å²) >= 11 is 0. The molecule has 0 bridgehead atoms. The van der Waals surface area contributed by atoms with Gasteiger partial charge in [-0.15, -0.1) is 0 Å². The van der Waals surface area contributed by atoms with Gasteiger partial charge in [0.1, 0.15) is 0 Å². The number of rotatable bonds is 0. The Morgan fingerprint density at radius 2 is 0.750 bits per heavy atom. The molecule has 0 unspecified atom stereocenters. The summed E-state index contributed by atoms with van der Waals surface area (Å²) in [5.41, 5.74) is 0. The van der Waals surface area contributed by atoms with E-state index < -0.39 is 0 Å². The van der Waals surface area contributed by atoms with Gasteiger partial charge >= 0.3 is 120 Å². The fourth-order valence-corrected chi connectivity index (χ4v) is 0. The molecule has 0 saturated carbocycles. The predicted molar refractivity (Wildman–Crippen MR) is 0 cm³/mol. The van der Waals surface area contributed by atoms with E-state index in [1.54, 1.807) is 0 Å². The quantitative estimate of drug-likeness (QED) is 0.387. The Morgan fingerprint density at radius 3 is 0.750 bits per heavy atom. The van der Waals surface area contributed by atoms with Crippen LogP contribution in [-0.4, -0.2) is 0 Å². The van der Waals surface area contributed by atoms with Crippen molar-refractivity contribution in [2.24, 2.45) is 0 Å². The molecule has 4 heavy (non-hydrogen) atoms. The molecule has 0 spiro atoms. The summed E-state index contributed by atoms with van der Waals surface area (Å²) in [6.45, 7) is 0. The van der Waals surface area contributed by atoms with E-state index in [4.69, 9.17) is 0 Å². The van der Waals surface area contributed by atoms with Crippen LogP contribution >= 0.6 is 0 Å².